The minimum absolute atomic E-state index is 0.0108. The Balaban J connectivity index is 0.000000288. The van der Waals surface area contributed by atoms with Gasteiger partial charge in [0.1, 0.15) is 0 Å². The van der Waals surface area contributed by atoms with Gasteiger partial charge in [-0.25, -0.2) is 9.59 Å². The number of nitrogens with two attached hydrogens (primary N) is 1. The minimum Gasteiger partial charge on any atom is -0.341 e. The molecule has 11 nitrogen and oxygen atoms in total. The molecule has 0 saturated carbocycles. The first kappa shape index (κ1) is 42.0. The van der Waals surface area contributed by atoms with Gasteiger partial charge >= 0.3 is 24.1 Å². The van der Waals surface area contributed by atoms with Crippen LogP contribution in [0.3, 0.4) is 0 Å². The number of piperidine rings is 2. The van der Waals surface area contributed by atoms with Gasteiger partial charge in [-0.3, -0.25) is 14.4 Å². The third-order valence-electron chi connectivity index (χ3n) is 9.10. The number of nitrogens with zero attached hydrogens (tertiary/aromatic N) is 4. The topological polar surface area (TPSA) is 136 Å². The summed E-state index contributed by atoms with van der Waals surface area (Å²) in [6.45, 7) is 11.4. The highest BCUT2D eigenvalue weighted by Crippen LogP contribution is 2.19. The fraction of sp³-hybridized carbons (Fsp3) is 0.553. The van der Waals surface area contributed by atoms with Crippen LogP contribution in [0.15, 0.2) is 48.5 Å². The lowest BCUT2D eigenvalue weighted by molar-refractivity contribution is -0.173. The molecule has 2 heterocycles. The van der Waals surface area contributed by atoms with E-state index in [1.807, 2.05) is 54.5 Å². The van der Waals surface area contributed by atoms with E-state index in [2.05, 4.69) is 0 Å². The van der Waals surface area contributed by atoms with E-state index in [1.54, 1.807) is 34.5 Å². The summed E-state index contributed by atoms with van der Waals surface area (Å²) in [4.78, 5) is 67.4. The Morgan fingerprint density at radius 2 is 1.02 bits per heavy atom. The van der Waals surface area contributed by atoms with Crippen LogP contribution in [0.1, 0.15) is 98.1 Å². The van der Waals surface area contributed by atoms with Crippen LogP contribution in [0, 0.1) is 0 Å². The van der Waals surface area contributed by atoms with Crippen LogP contribution in [-0.2, 0) is 17.9 Å². The SMILES string of the molecule is CC(C)N(Cc1ccc(C(=O)CN)cc1)C(=O)N1CCCCC1.CC(C)N(Cc1ccc(C(=O)CNC(=O)C(F)(F)F)cc1)C(=O)N1CCCCC1. The zero-order valence-electron chi connectivity index (χ0n) is 30.7. The number of rotatable bonds is 11. The molecule has 2 aliphatic heterocycles. The molecule has 2 fully saturated rings. The maximum Gasteiger partial charge on any atom is 0.471 e. The second-order valence-corrected chi connectivity index (χ2v) is 13.7. The predicted molar refractivity (Wildman–Crippen MR) is 193 cm³/mol. The number of hydrogen-bond acceptors (Lipinski definition) is 6. The molecule has 2 aromatic rings. The average Bonchev–Trinajstić information content (AvgIpc) is 3.14. The van der Waals surface area contributed by atoms with Gasteiger partial charge in [0, 0.05) is 62.5 Å². The summed E-state index contributed by atoms with van der Waals surface area (Å²) >= 11 is 0. The van der Waals surface area contributed by atoms with Gasteiger partial charge in [-0.05, 0) is 77.3 Å². The van der Waals surface area contributed by atoms with E-state index in [0.717, 1.165) is 69.4 Å². The Morgan fingerprint density at radius 1 is 0.654 bits per heavy atom. The standard InChI is InChI=1S/C20H26F3N3O3.C18H27N3O2/c1-14(2)26(19(29)25-10-4-3-5-11-25)13-15-6-8-16(9-7-15)17(27)12-24-18(28)20(21,22)23;1-14(2)21(18(23)20-10-4-3-5-11-20)13-15-6-8-16(9-7-15)17(22)12-19/h6-9,14H,3-5,10-13H2,1-2H3,(H,24,28);6-9,14H,3-5,10-13,19H2,1-2H3. The zero-order chi connectivity index (χ0) is 38.4. The van der Waals surface area contributed by atoms with Crippen LogP contribution < -0.4 is 11.1 Å². The average molecular weight is 731 g/mol. The van der Waals surface area contributed by atoms with Crippen LogP contribution in [0.2, 0.25) is 0 Å². The molecule has 2 aliphatic rings. The lowest BCUT2D eigenvalue weighted by atomic mass is 10.1. The van der Waals surface area contributed by atoms with Crippen LogP contribution in [0.4, 0.5) is 22.8 Å². The highest BCUT2D eigenvalue weighted by molar-refractivity contribution is 6.00. The fourth-order valence-corrected chi connectivity index (χ4v) is 5.94. The molecule has 14 heteroatoms. The highest BCUT2D eigenvalue weighted by Gasteiger charge is 2.38. The summed E-state index contributed by atoms with van der Waals surface area (Å²) < 4.78 is 36.5. The van der Waals surface area contributed by atoms with E-state index < -0.39 is 24.4 Å². The number of urea groups is 2. The van der Waals surface area contributed by atoms with Crippen LogP contribution in [-0.4, -0.2) is 107 Å². The Morgan fingerprint density at radius 3 is 1.35 bits per heavy atom. The molecule has 3 N–H and O–H groups in total. The number of alkyl halides is 3. The van der Waals surface area contributed by atoms with Crippen molar-refractivity contribution in [3.8, 4) is 0 Å². The van der Waals surface area contributed by atoms with E-state index in [0.29, 0.717) is 18.7 Å². The predicted octanol–water partition coefficient (Wildman–Crippen LogP) is 6.01. The third-order valence-corrected chi connectivity index (χ3v) is 9.10. The molecule has 5 amide bonds. The van der Waals surface area contributed by atoms with E-state index in [9.17, 15) is 37.1 Å². The monoisotopic (exact) mass is 730 g/mol. The minimum atomic E-state index is -5.02. The van der Waals surface area contributed by atoms with Crippen LogP contribution in [0.5, 0.6) is 0 Å². The van der Waals surface area contributed by atoms with Crippen molar-refractivity contribution in [3.63, 3.8) is 0 Å². The number of hydrogen-bond donors (Lipinski definition) is 2. The normalized spacial score (nSPS) is 14.7. The molecule has 0 aromatic heterocycles. The Labute approximate surface area is 304 Å². The summed E-state index contributed by atoms with van der Waals surface area (Å²) in [5.41, 5.74) is 8.02. The maximum atomic E-state index is 12.8. The third kappa shape index (κ3) is 12.6. The molecule has 4 rings (SSSR count). The number of carbonyl (C=O) groups is 5. The van der Waals surface area contributed by atoms with Gasteiger partial charge in [0.25, 0.3) is 0 Å². The Kier molecular flexibility index (Phi) is 16.1. The number of halogens is 3. The molecule has 0 spiro atoms. The molecular weight excluding hydrogens is 677 g/mol. The summed E-state index contributed by atoms with van der Waals surface area (Å²) in [6.07, 6.45) is 1.50. The summed E-state index contributed by atoms with van der Waals surface area (Å²) in [5.74, 6) is -2.84. The number of benzene rings is 2. The first-order valence-electron chi connectivity index (χ1n) is 18.0. The number of Topliss-reactive ketones (excluding diaryl/α,β-unsaturated/α-hetero) is 2. The smallest absolute Gasteiger partial charge is 0.341 e. The quantitative estimate of drug-likeness (QED) is 0.272. The Bertz CT molecular complexity index is 1490. The number of nitrogens with one attached hydrogen (secondary N) is 1. The van der Waals surface area contributed by atoms with Crippen molar-refractivity contribution >= 4 is 29.5 Å². The molecule has 0 radical (unpaired) electrons. The molecule has 0 aliphatic carbocycles. The molecule has 2 aromatic carbocycles. The second kappa shape index (κ2) is 20.0. The first-order valence-corrected chi connectivity index (χ1v) is 18.0. The van der Waals surface area contributed by atoms with E-state index in [-0.39, 0.29) is 42.0 Å². The number of carbonyl (C=O) groups excluding carboxylic acids is 5. The summed E-state index contributed by atoms with van der Waals surface area (Å²) in [7, 11) is 0. The van der Waals surface area contributed by atoms with Gasteiger partial charge in [0.15, 0.2) is 11.6 Å². The lowest BCUT2D eigenvalue weighted by Gasteiger charge is -2.35. The number of likely N-dealkylation sites (tertiary alicyclic amines) is 2. The fourth-order valence-electron chi connectivity index (χ4n) is 5.94. The first-order chi connectivity index (χ1) is 24.6. The molecule has 52 heavy (non-hydrogen) atoms. The summed E-state index contributed by atoms with van der Waals surface area (Å²) in [5, 5.41) is 1.56. The van der Waals surface area contributed by atoms with Crippen molar-refractivity contribution in [1.29, 1.82) is 0 Å². The van der Waals surface area contributed by atoms with Crippen LogP contribution >= 0.6 is 0 Å². The van der Waals surface area contributed by atoms with Gasteiger partial charge in [-0.2, -0.15) is 13.2 Å². The van der Waals surface area contributed by atoms with Crippen molar-refractivity contribution < 1.29 is 37.1 Å². The largest absolute Gasteiger partial charge is 0.471 e. The molecular formula is C38H53F3N6O5. The van der Waals surface area contributed by atoms with Gasteiger partial charge in [-0.1, -0.05) is 48.5 Å². The van der Waals surface area contributed by atoms with Gasteiger partial charge in [0.2, 0.25) is 0 Å². The van der Waals surface area contributed by atoms with Crippen molar-refractivity contribution in [2.24, 2.45) is 5.73 Å². The van der Waals surface area contributed by atoms with Gasteiger partial charge < -0.3 is 30.7 Å². The zero-order valence-corrected chi connectivity index (χ0v) is 30.7. The van der Waals surface area contributed by atoms with E-state index in [4.69, 9.17) is 5.73 Å². The number of amides is 5. The highest BCUT2D eigenvalue weighted by atomic mass is 19.4. The van der Waals surface area contributed by atoms with Crippen molar-refractivity contribution in [3.05, 3.63) is 70.8 Å². The molecule has 0 bridgehead atoms. The van der Waals surface area contributed by atoms with Gasteiger partial charge in [0.05, 0.1) is 13.1 Å². The van der Waals surface area contributed by atoms with Crippen molar-refractivity contribution in [2.45, 2.75) is 97.6 Å². The molecule has 0 unspecified atom stereocenters. The summed E-state index contributed by atoms with van der Waals surface area (Å²) in [6, 6.07) is 13.9. The van der Waals surface area contributed by atoms with Crippen molar-refractivity contribution in [2.75, 3.05) is 39.3 Å². The lowest BCUT2D eigenvalue weighted by Crippen LogP contribution is -2.47. The second-order valence-electron chi connectivity index (χ2n) is 13.7. The Hall–Kier alpha value is -4.46. The van der Waals surface area contributed by atoms with E-state index in [1.165, 1.54) is 18.6 Å². The number of ketones is 2. The van der Waals surface area contributed by atoms with Gasteiger partial charge in [-0.15, -0.1) is 0 Å². The van der Waals surface area contributed by atoms with E-state index >= 15 is 0 Å². The van der Waals surface area contributed by atoms with Crippen molar-refractivity contribution in [1.82, 2.24) is 24.9 Å². The maximum absolute atomic E-state index is 12.8. The molecule has 286 valence electrons. The molecule has 2 saturated heterocycles. The van der Waals surface area contributed by atoms with Crippen LogP contribution in [0.25, 0.3) is 0 Å². The molecule has 0 atom stereocenters.